The molecule has 2 aromatic rings. The first-order valence-corrected chi connectivity index (χ1v) is 7.24. The van der Waals surface area contributed by atoms with E-state index in [2.05, 4.69) is 0 Å². The molecule has 0 aromatic heterocycles. The highest BCUT2D eigenvalue weighted by Crippen LogP contribution is 2.24. The first kappa shape index (κ1) is 18.0. The highest BCUT2D eigenvalue weighted by molar-refractivity contribution is 5.94. The van der Waals surface area contributed by atoms with Gasteiger partial charge < -0.3 is 15.1 Å². The Labute approximate surface area is 136 Å². The van der Waals surface area contributed by atoms with E-state index in [0.717, 1.165) is 12.1 Å². The summed E-state index contributed by atoms with van der Waals surface area (Å²) < 4.78 is 39.6. The zero-order valence-corrected chi connectivity index (χ0v) is 12.7. The van der Waals surface area contributed by atoms with Crippen molar-refractivity contribution in [2.45, 2.75) is 0 Å². The van der Waals surface area contributed by atoms with Gasteiger partial charge in [0.25, 0.3) is 5.91 Å². The first-order valence-electron chi connectivity index (χ1n) is 7.24. The molecule has 4 nitrogen and oxygen atoms in total. The predicted molar refractivity (Wildman–Crippen MR) is 81.8 cm³/mol. The SMILES string of the molecule is O=C(c1ccc(-c2cc(F)c(F)c(F)c2)cc1)N(CCO)CCO. The van der Waals surface area contributed by atoms with Crippen LogP contribution in [0, 0.1) is 17.5 Å². The highest BCUT2D eigenvalue weighted by atomic mass is 19.2. The van der Waals surface area contributed by atoms with Crippen molar-refractivity contribution in [1.29, 1.82) is 0 Å². The monoisotopic (exact) mass is 339 g/mol. The lowest BCUT2D eigenvalue weighted by atomic mass is 10.0. The summed E-state index contributed by atoms with van der Waals surface area (Å²) in [4.78, 5) is 13.5. The van der Waals surface area contributed by atoms with E-state index >= 15 is 0 Å². The average molecular weight is 339 g/mol. The lowest BCUT2D eigenvalue weighted by molar-refractivity contribution is 0.0685. The topological polar surface area (TPSA) is 60.8 Å². The maximum atomic E-state index is 13.3. The molecule has 2 N–H and O–H groups in total. The number of halogens is 3. The maximum Gasteiger partial charge on any atom is 0.254 e. The lowest BCUT2D eigenvalue weighted by Crippen LogP contribution is -2.35. The number of aliphatic hydroxyl groups excluding tert-OH is 2. The van der Waals surface area contributed by atoms with Gasteiger partial charge in [-0.1, -0.05) is 12.1 Å². The van der Waals surface area contributed by atoms with E-state index in [1.165, 1.54) is 29.2 Å². The van der Waals surface area contributed by atoms with Crippen LogP contribution in [0.5, 0.6) is 0 Å². The Morgan fingerprint density at radius 3 is 1.83 bits per heavy atom. The van der Waals surface area contributed by atoms with Crippen molar-refractivity contribution >= 4 is 5.91 Å². The molecular weight excluding hydrogens is 323 g/mol. The van der Waals surface area contributed by atoms with E-state index in [9.17, 15) is 18.0 Å². The van der Waals surface area contributed by atoms with Gasteiger partial charge in [-0.25, -0.2) is 13.2 Å². The van der Waals surface area contributed by atoms with Gasteiger partial charge in [0.2, 0.25) is 0 Å². The zero-order valence-electron chi connectivity index (χ0n) is 12.7. The molecule has 0 aliphatic heterocycles. The molecule has 2 aromatic carbocycles. The largest absolute Gasteiger partial charge is 0.395 e. The number of nitrogens with zero attached hydrogens (tertiary/aromatic N) is 1. The van der Waals surface area contributed by atoms with Gasteiger partial charge >= 0.3 is 0 Å². The maximum absolute atomic E-state index is 13.3. The number of hydrogen-bond donors (Lipinski definition) is 2. The minimum absolute atomic E-state index is 0.0789. The van der Waals surface area contributed by atoms with Crippen LogP contribution in [0.15, 0.2) is 36.4 Å². The number of aliphatic hydroxyl groups is 2. The van der Waals surface area contributed by atoms with Gasteiger partial charge in [0, 0.05) is 18.7 Å². The second-order valence-electron chi connectivity index (χ2n) is 5.07. The number of hydrogen-bond acceptors (Lipinski definition) is 3. The molecule has 0 saturated carbocycles. The molecule has 0 unspecified atom stereocenters. The standard InChI is InChI=1S/C17H16F3NO3/c18-14-9-13(10-15(19)16(14)20)11-1-3-12(4-2-11)17(24)21(5-7-22)6-8-23/h1-4,9-10,22-23H,5-8H2. The molecule has 2 rings (SSSR count). The highest BCUT2D eigenvalue weighted by Gasteiger charge is 2.16. The molecule has 128 valence electrons. The second-order valence-corrected chi connectivity index (χ2v) is 5.07. The summed E-state index contributed by atoms with van der Waals surface area (Å²) in [6.07, 6.45) is 0. The number of carbonyl (C=O) groups is 1. The Morgan fingerprint density at radius 1 is 0.875 bits per heavy atom. The predicted octanol–water partition coefficient (Wildman–Crippen LogP) is 2.20. The van der Waals surface area contributed by atoms with E-state index in [-0.39, 0.29) is 37.8 Å². The molecule has 0 atom stereocenters. The van der Waals surface area contributed by atoms with Gasteiger partial charge in [0.05, 0.1) is 13.2 Å². The van der Waals surface area contributed by atoms with Crippen LogP contribution >= 0.6 is 0 Å². The van der Waals surface area contributed by atoms with Crippen LogP contribution in [-0.4, -0.2) is 47.3 Å². The van der Waals surface area contributed by atoms with Crippen LogP contribution < -0.4 is 0 Å². The Kier molecular flexibility index (Phi) is 5.94. The molecule has 1 amide bonds. The quantitative estimate of drug-likeness (QED) is 0.793. The van der Waals surface area contributed by atoms with Gasteiger partial charge in [-0.05, 0) is 35.4 Å². The zero-order chi connectivity index (χ0) is 17.7. The summed E-state index contributed by atoms with van der Waals surface area (Å²) in [7, 11) is 0. The number of carbonyl (C=O) groups excluding carboxylic acids is 1. The summed E-state index contributed by atoms with van der Waals surface area (Å²) in [5.41, 5.74) is 0.858. The third-order valence-corrected chi connectivity index (χ3v) is 3.48. The minimum Gasteiger partial charge on any atom is -0.395 e. The number of amides is 1. The van der Waals surface area contributed by atoms with Crippen LogP contribution in [0.25, 0.3) is 11.1 Å². The number of benzene rings is 2. The van der Waals surface area contributed by atoms with Crippen LogP contribution in [0.1, 0.15) is 10.4 Å². The molecule has 7 heteroatoms. The third-order valence-electron chi connectivity index (χ3n) is 3.48. The van der Waals surface area contributed by atoms with Crippen molar-refractivity contribution in [3.63, 3.8) is 0 Å². The van der Waals surface area contributed by atoms with Gasteiger partial charge in [-0.2, -0.15) is 0 Å². The van der Waals surface area contributed by atoms with Gasteiger partial charge in [-0.15, -0.1) is 0 Å². The fourth-order valence-electron chi connectivity index (χ4n) is 2.27. The normalized spacial score (nSPS) is 10.7. The molecule has 0 fully saturated rings. The van der Waals surface area contributed by atoms with Crippen molar-refractivity contribution in [3.05, 3.63) is 59.4 Å². The molecule has 0 aliphatic carbocycles. The van der Waals surface area contributed by atoms with E-state index in [1.54, 1.807) is 0 Å². The van der Waals surface area contributed by atoms with Gasteiger partial charge in [0.1, 0.15) is 0 Å². The van der Waals surface area contributed by atoms with Crippen LogP contribution in [-0.2, 0) is 0 Å². The van der Waals surface area contributed by atoms with Crippen molar-refractivity contribution < 1.29 is 28.2 Å². The third kappa shape index (κ3) is 3.93. The molecule has 0 spiro atoms. The van der Waals surface area contributed by atoms with E-state index in [4.69, 9.17) is 10.2 Å². The molecule has 0 heterocycles. The smallest absolute Gasteiger partial charge is 0.254 e. The molecular formula is C17H16F3NO3. The Morgan fingerprint density at radius 2 is 1.38 bits per heavy atom. The summed E-state index contributed by atoms with van der Waals surface area (Å²) >= 11 is 0. The van der Waals surface area contributed by atoms with Gasteiger partial charge in [-0.3, -0.25) is 4.79 Å². The van der Waals surface area contributed by atoms with Crippen LogP contribution in [0.2, 0.25) is 0 Å². The number of rotatable bonds is 6. The van der Waals surface area contributed by atoms with E-state index in [0.29, 0.717) is 11.1 Å². The van der Waals surface area contributed by atoms with E-state index in [1.807, 2.05) is 0 Å². The van der Waals surface area contributed by atoms with Gasteiger partial charge in [0.15, 0.2) is 17.5 Å². The van der Waals surface area contributed by atoms with Crippen LogP contribution in [0.3, 0.4) is 0 Å². The lowest BCUT2D eigenvalue weighted by Gasteiger charge is -2.20. The Bertz CT molecular complexity index is 691. The summed E-state index contributed by atoms with van der Waals surface area (Å²) in [5, 5.41) is 17.9. The van der Waals surface area contributed by atoms with Crippen molar-refractivity contribution in [2.24, 2.45) is 0 Å². The van der Waals surface area contributed by atoms with Crippen molar-refractivity contribution in [3.8, 4) is 11.1 Å². The summed E-state index contributed by atoms with van der Waals surface area (Å²) in [6.45, 7) is -0.318. The summed E-state index contributed by atoms with van der Waals surface area (Å²) in [5.74, 6) is -4.50. The first-order chi connectivity index (χ1) is 11.5. The fraction of sp³-hybridized carbons (Fsp3) is 0.235. The van der Waals surface area contributed by atoms with Crippen LogP contribution in [0.4, 0.5) is 13.2 Å². The molecule has 0 aliphatic rings. The Balaban J connectivity index is 2.25. The Hall–Kier alpha value is -2.38. The average Bonchev–Trinajstić information content (AvgIpc) is 2.58. The van der Waals surface area contributed by atoms with E-state index < -0.39 is 17.5 Å². The fourth-order valence-corrected chi connectivity index (χ4v) is 2.27. The van der Waals surface area contributed by atoms with Crippen molar-refractivity contribution in [1.82, 2.24) is 4.90 Å². The van der Waals surface area contributed by atoms with Crippen molar-refractivity contribution in [2.75, 3.05) is 26.3 Å². The molecule has 0 radical (unpaired) electrons. The molecule has 24 heavy (non-hydrogen) atoms. The second kappa shape index (κ2) is 7.94. The molecule has 0 bridgehead atoms. The minimum atomic E-state index is -1.53. The molecule has 0 saturated heterocycles. The summed E-state index contributed by atoms with van der Waals surface area (Å²) in [6, 6.07) is 7.63.